The summed E-state index contributed by atoms with van der Waals surface area (Å²) in [4.78, 5) is 45.0. The van der Waals surface area contributed by atoms with Gasteiger partial charge in [0.2, 0.25) is 0 Å². The summed E-state index contributed by atoms with van der Waals surface area (Å²) in [5.41, 5.74) is -0.764. The second kappa shape index (κ2) is 17.8. The standard InChI is InChI=1S/C21H36O10/c1-17(22)5-9-28-13-21(14-29-10-6-18(2)23,15-30-11-7-19(24)26-3)16-31-12-8-20(25)27-4/h5-16H2,1-4H3. The van der Waals surface area contributed by atoms with E-state index in [1.165, 1.54) is 28.1 Å². The Morgan fingerprint density at radius 2 is 0.839 bits per heavy atom. The molecule has 0 saturated carbocycles. The van der Waals surface area contributed by atoms with E-state index in [9.17, 15) is 19.2 Å². The molecule has 0 amide bonds. The highest BCUT2D eigenvalue weighted by Crippen LogP contribution is 2.21. The minimum absolute atomic E-state index is 0.00645. The summed E-state index contributed by atoms with van der Waals surface area (Å²) < 4.78 is 31.9. The zero-order valence-electron chi connectivity index (χ0n) is 19.1. The van der Waals surface area contributed by atoms with Gasteiger partial charge in [-0.3, -0.25) is 19.2 Å². The van der Waals surface area contributed by atoms with E-state index in [4.69, 9.17) is 18.9 Å². The number of hydrogen-bond acceptors (Lipinski definition) is 10. The Balaban J connectivity index is 5.01. The number of carbonyl (C=O) groups is 4. The van der Waals surface area contributed by atoms with Gasteiger partial charge in [-0.1, -0.05) is 0 Å². The van der Waals surface area contributed by atoms with Crippen LogP contribution in [0.1, 0.15) is 39.5 Å². The van der Waals surface area contributed by atoms with Crippen molar-refractivity contribution in [1.29, 1.82) is 0 Å². The van der Waals surface area contributed by atoms with Crippen LogP contribution in [0.4, 0.5) is 0 Å². The van der Waals surface area contributed by atoms with Gasteiger partial charge in [0.15, 0.2) is 0 Å². The number of rotatable bonds is 20. The molecule has 0 rings (SSSR count). The third-order valence-electron chi connectivity index (χ3n) is 4.19. The number of ketones is 2. The molecule has 0 radical (unpaired) electrons. The van der Waals surface area contributed by atoms with E-state index in [-0.39, 0.29) is 90.1 Å². The average Bonchev–Trinajstić information content (AvgIpc) is 2.73. The SMILES string of the molecule is COC(=O)CCOCC(COCCC(C)=O)(COCCC(C)=O)COCCC(=O)OC. The highest BCUT2D eigenvalue weighted by atomic mass is 16.5. The maximum absolute atomic E-state index is 11.3. The lowest BCUT2D eigenvalue weighted by atomic mass is 9.92. The van der Waals surface area contributed by atoms with Gasteiger partial charge in [-0.15, -0.1) is 0 Å². The molecule has 0 spiro atoms. The van der Waals surface area contributed by atoms with E-state index < -0.39 is 17.4 Å². The molecule has 31 heavy (non-hydrogen) atoms. The molecule has 0 saturated heterocycles. The average molecular weight is 449 g/mol. The summed E-state index contributed by atoms with van der Waals surface area (Å²) in [6.45, 7) is 4.30. The van der Waals surface area contributed by atoms with Crippen molar-refractivity contribution >= 4 is 23.5 Å². The zero-order valence-corrected chi connectivity index (χ0v) is 19.1. The molecular formula is C21H36O10. The third kappa shape index (κ3) is 16.5. The quantitative estimate of drug-likeness (QED) is 0.198. The third-order valence-corrected chi connectivity index (χ3v) is 4.19. The molecule has 0 aromatic carbocycles. The maximum Gasteiger partial charge on any atom is 0.307 e. The molecule has 0 unspecified atom stereocenters. The van der Waals surface area contributed by atoms with E-state index in [0.717, 1.165) is 0 Å². The van der Waals surface area contributed by atoms with E-state index in [1.54, 1.807) is 0 Å². The van der Waals surface area contributed by atoms with Gasteiger partial charge < -0.3 is 28.4 Å². The normalized spacial score (nSPS) is 11.2. The Morgan fingerprint density at radius 3 is 1.10 bits per heavy atom. The summed E-state index contributed by atoms with van der Waals surface area (Å²) in [6.07, 6.45) is 0.722. The molecule has 0 aromatic heterocycles. The second-order valence-corrected chi connectivity index (χ2v) is 7.27. The Morgan fingerprint density at radius 1 is 0.548 bits per heavy atom. The van der Waals surface area contributed by atoms with E-state index in [1.807, 2.05) is 0 Å². The number of esters is 2. The van der Waals surface area contributed by atoms with Crippen molar-refractivity contribution in [2.45, 2.75) is 39.5 Å². The van der Waals surface area contributed by atoms with Gasteiger partial charge >= 0.3 is 11.9 Å². The van der Waals surface area contributed by atoms with Gasteiger partial charge in [0.1, 0.15) is 11.6 Å². The van der Waals surface area contributed by atoms with Crippen LogP contribution in [0.25, 0.3) is 0 Å². The lowest BCUT2D eigenvalue weighted by Crippen LogP contribution is -2.42. The number of ether oxygens (including phenoxy) is 6. The van der Waals surface area contributed by atoms with Crippen LogP contribution >= 0.6 is 0 Å². The van der Waals surface area contributed by atoms with Gasteiger partial charge in [0.05, 0.1) is 85.3 Å². The van der Waals surface area contributed by atoms with Gasteiger partial charge in [0.25, 0.3) is 0 Å². The van der Waals surface area contributed by atoms with Gasteiger partial charge in [0, 0.05) is 12.8 Å². The first-order chi connectivity index (χ1) is 14.7. The molecule has 0 fully saturated rings. The van der Waals surface area contributed by atoms with Crippen LogP contribution in [-0.4, -0.2) is 90.6 Å². The Kier molecular flexibility index (Phi) is 16.7. The van der Waals surface area contributed by atoms with E-state index >= 15 is 0 Å². The Bertz CT molecular complexity index is 498. The van der Waals surface area contributed by atoms with E-state index in [0.29, 0.717) is 0 Å². The molecular weight excluding hydrogens is 412 g/mol. The van der Waals surface area contributed by atoms with Crippen LogP contribution < -0.4 is 0 Å². The molecule has 0 aliphatic heterocycles. The van der Waals surface area contributed by atoms with Crippen LogP contribution in [0.15, 0.2) is 0 Å². The van der Waals surface area contributed by atoms with Crippen LogP contribution in [0.5, 0.6) is 0 Å². The summed E-state index contributed by atoms with van der Waals surface area (Å²) in [5.74, 6) is -0.774. The first-order valence-electron chi connectivity index (χ1n) is 10.2. The topological polar surface area (TPSA) is 124 Å². The van der Waals surface area contributed by atoms with Crippen LogP contribution in [-0.2, 0) is 47.6 Å². The molecule has 0 aromatic rings. The maximum atomic E-state index is 11.3. The molecule has 0 aliphatic rings. The minimum atomic E-state index is -0.764. The highest BCUT2D eigenvalue weighted by molar-refractivity contribution is 5.75. The lowest BCUT2D eigenvalue weighted by molar-refractivity contribution is -0.144. The van der Waals surface area contributed by atoms with E-state index in [2.05, 4.69) is 9.47 Å². The van der Waals surface area contributed by atoms with Crippen LogP contribution in [0.3, 0.4) is 0 Å². The fourth-order valence-corrected chi connectivity index (χ4v) is 2.35. The van der Waals surface area contributed by atoms with Crippen LogP contribution in [0.2, 0.25) is 0 Å². The number of methoxy groups -OCH3 is 2. The van der Waals surface area contributed by atoms with Gasteiger partial charge in [-0.05, 0) is 13.8 Å². The molecule has 0 aliphatic carbocycles. The van der Waals surface area contributed by atoms with Crippen molar-refractivity contribution < 1.29 is 47.6 Å². The molecule has 0 atom stereocenters. The molecule has 10 heteroatoms. The molecule has 0 heterocycles. The molecule has 0 bridgehead atoms. The predicted octanol–water partition coefficient (Wildman–Crippen LogP) is 1.12. The second-order valence-electron chi connectivity index (χ2n) is 7.27. The molecule has 180 valence electrons. The smallest absolute Gasteiger partial charge is 0.307 e. The number of hydrogen-bond donors (Lipinski definition) is 0. The van der Waals surface area contributed by atoms with Gasteiger partial charge in [-0.2, -0.15) is 0 Å². The van der Waals surface area contributed by atoms with Crippen molar-refractivity contribution in [2.75, 3.05) is 67.1 Å². The van der Waals surface area contributed by atoms with Crippen LogP contribution in [0, 0.1) is 5.41 Å². The molecule has 0 N–H and O–H groups in total. The summed E-state index contributed by atoms with van der Waals surface area (Å²) >= 11 is 0. The highest BCUT2D eigenvalue weighted by Gasteiger charge is 2.33. The number of Topliss-reactive ketones (excluding diaryl/α,β-unsaturated/α-hetero) is 2. The van der Waals surface area contributed by atoms with Gasteiger partial charge in [-0.25, -0.2) is 0 Å². The van der Waals surface area contributed by atoms with Crippen molar-refractivity contribution in [3.63, 3.8) is 0 Å². The zero-order chi connectivity index (χ0) is 23.5. The molecule has 10 nitrogen and oxygen atoms in total. The Labute approximate surface area is 183 Å². The van der Waals surface area contributed by atoms with Crippen molar-refractivity contribution in [2.24, 2.45) is 5.41 Å². The number of carbonyl (C=O) groups excluding carboxylic acids is 4. The lowest BCUT2D eigenvalue weighted by Gasteiger charge is -2.33. The Hall–Kier alpha value is -1.88. The first kappa shape index (κ1) is 29.1. The minimum Gasteiger partial charge on any atom is -0.469 e. The predicted molar refractivity (Wildman–Crippen MR) is 110 cm³/mol. The fraction of sp³-hybridized carbons (Fsp3) is 0.810. The monoisotopic (exact) mass is 448 g/mol. The fourth-order valence-electron chi connectivity index (χ4n) is 2.35. The summed E-state index contributed by atoms with van der Waals surface area (Å²) in [6, 6.07) is 0. The first-order valence-corrected chi connectivity index (χ1v) is 10.2. The summed E-state index contributed by atoms with van der Waals surface area (Å²) in [5, 5.41) is 0. The summed E-state index contributed by atoms with van der Waals surface area (Å²) in [7, 11) is 2.60. The van der Waals surface area contributed by atoms with Crippen molar-refractivity contribution in [3.8, 4) is 0 Å². The van der Waals surface area contributed by atoms with Crippen molar-refractivity contribution in [3.05, 3.63) is 0 Å². The van der Waals surface area contributed by atoms with Crippen molar-refractivity contribution in [1.82, 2.24) is 0 Å². The largest absolute Gasteiger partial charge is 0.469 e.